The van der Waals surface area contributed by atoms with Gasteiger partial charge in [0.05, 0.1) is 0 Å². The molecule has 4 fully saturated rings. The van der Waals surface area contributed by atoms with Gasteiger partial charge >= 0.3 is 222 Å². The van der Waals surface area contributed by atoms with E-state index in [0.717, 1.165) is 46.9 Å². The molecule has 4 unspecified atom stereocenters. The van der Waals surface area contributed by atoms with Crippen molar-refractivity contribution in [3.8, 4) is 0 Å². The van der Waals surface area contributed by atoms with Crippen LogP contribution in [-0.2, 0) is 11.0 Å². The Morgan fingerprint density at radius 3 is 2.21 bits per heavy atom. The minimum atomic E-state index is -4.32. The Morgan fingerprint density at radius 2 is 1.54 bits per heavy atom. The summed E-state index contributed by atoms with van der Waals surface area (Å²) in [5.74, 6) is 5.51. The van der Waals surface area contributed by atoms with Crippen molar-refractivity contribution < 1.29 is 18.0 Å². The Kier molecular flexibility index (Phi) is 8.47. The van der Waals surface area contributed by atoms with Crippen molar-refractivity contribution >= 4 is 25.2 Å². The standard InChI is InChI=1S/C34H49F3OSe/c1-21(2)7-6-8-22(3)26-15-16-27-25-13-14-29-31(39-24-11-9-23(10-12-24)34(35,36)37)30(38)18-20-33(29,5)28(25)17-19-32(26,27)4/h9-12,21-22,25-29,31H,6-8,13-20H2,1-5H3/t22?,25?,26-,27?,28?,29-,31-,32-,33-/m1/s1. The van der Waals surface area contributed by atoms with Crippen molar-refractivity contribution in [3.05, 3.63) is 29.8 Å². The number of hydrogen-bond donors (Lipinski definition) is 0. The van der Waals surface area contributed by atoms with Crippen LogP contribution >= 0.6 is 0 Å². The Hall–Kier alpha value is -0.801. The zero-order chi connectivity index (χ0) is 28.2. The number of fused-ring (bicyclic) bond motifs is 5. The summed E-state index contributed by atoms with van der Waals surface area (Å²) in [5.41, 5.74) is 0.0596. The van der Waals surface area contributed by atoms with E-state index < -0.39 is 11.7 Å². The second kappa shape index (κ2) is 11.1. The van der Waals surface area contributed by atoms with Gasteiger partial charge in [-0.1, -0.05) is 13.8 Å². The summed E-state index contributed by atoms with van der Waals surface area (Å²) < 4.78 is 40.2. The predicted molar refractivity (Wildman–Crippen MR) is 154 cm³/mol. The van der Waals surface area contributed by atoms with Gasteiger partial charge < -0.3 is 0 Å². The van der Waals surface area contributed by atoms with Crippen LogP contribution in [0.3, 0.4) is 0 Å². The summed E-state index contributed by atoms with van der Waals surface area (Å²) in [7, 11) is 0. The van der Waals surface area contributed by atoms with Gasteiger partial charge in [-0.3, -0.25) is 0 Å². The molecular weight excluding hydrogens is 560 g/mol. The third kappa shape index (κ3) is 5.54. The number of carbonyl (C=O) groups is 1. The number of rotatable bonds is 7. The molecule has 5 heteroatoms. The molecule has 4 aliphatic rings. The maximum atomic E-state index is 13.3. The van der Waals surface area contributed by atoms with Crippen LogP contribution in [0, 0.1) is 52.3 Å². The Labute approximate surface area is 241 Å². The van der Waals surface area contributed by atoms with E-state index in [1.54, 1.807) is 12.1 Å². The second-order valence-corrected chi connectivity index (χ2v) is 17.2. The molecule has 1 aromatic rings. The van der Waals surface area contributed by atoms with E-state index in [9.17, 15) is 18.0 Å². The molecule has 0 N–H and O–H groups in total. The molecular formula is C34H49F3OSe. The molecule has 39 heavy (non-hydrogen) atoms. The van der Waals surface area contributed by atoms with Crippen LogP contribution in [0.25, 0.3) is 0 Å². The van der Waals surface area contributed by atoms with Gasteiger partial charge in [-0.25, -0.2) is 0 Å². The summed E-state index contributed by atoms with van der Waals surface area (Å²) in [5, 5.41) is 0. The van der Waals surface area contributed by atoms with Gasteiger partial charge in [0.2, 0.25) is 0 Å². The number of Topliss-reactive ketones (excluding diaryl/α,β-unsaturated/α-hetero) is 1. The normalized spacial score (nSPS) is 39.3. The predicted octanol–water partition coefficient (Wildman–Crippen LogP) is 9.12. The molecule has 0 amide bonds. The number of halogens is 3. The maximum absolute atomic E-state index is 13.3. The summed E-state index contributed by atoms with van der Waals surface area (Å²) in [6.07, 6.45) is 9.20. The van der Waals surface area contributed by atoms with Crippen LogP contribution < -0.4 is 4.46 Å². The molecule has 0 heterocycles. The van der Waals surface area contributed by atoms with Crippen molar-refractivity contribution in [2.24, 2.45) is 52.3 Å². The van der Waals surface area contributed by atoms with Crippen LogP contribution in [-0.4, -0.2) is 20.7 Å². The summed E-state index contributed by atoms with van der Waals surface area (Å²) in [4.78, 5) is 13.3. The average Bonchev–Trinajstić information content (AvgIpc) is 3.23. The summed E-state index contributed by atoms with van der Waals surface area (Å²) in [6, 6.07) is 5.65. The van der Waals surface area contributed by atoms with E-state index >= 15 is 0 Å². The quantitative estimate of drug-likeness (QED) is 0.282. The van der Waals surface area contributed by atoms with E-state index in [1.165, 1.54) is 63.5 Å². The Morgan fingerprint density at radius 1 is 0.872 bits per heavy atom. The van der Waals surface area contributed by atoms with E-state index in [4.69, 9.17) is 0 Å². The molecule has 0 saturated heterocycles. The molecule has 0 spiro atoms. The Bertz CT molecular complexity index is 1020. The average molecular weight is 610 g/mol. The number of alkyl halides is 3. The monoisotopic (exact) mass is 610 g/mol. The molecule has 4 saturated carbocycles. The number of ketones is 1. The van der Waals surface area contributed by atoms with E-state index in [0.29, 0.717) is 29.5 Å². The van der Waals surface area contributed by atoms with Gasteiger partial charge in [0.15, 0.2) is 0 Å². The molecule has 4 aliphatic carbocycles. The molecule has 0 aliphatic heterocycles. The van der Waals surface area contributed by atoms with Crippen LogP contribution in [0.2, 0.25) is 4.82 Å². The first-order chi connectivity index (χ1) is 18.3. The number of hydrogen-bond acceptors (Lipinski definition) is 1. The van der Waals surface area contributed by atoms with Gasteiger partial charge in [-0.15, -0.1) is 0 Å². The van der Waals surface area contributed by atoms with E-state index in [2.05, 4.69) is 34.6 Å². The van der Waals surface area contributed by atoms with E-state index in [-0.39, 0.29) is 25.2 Å². The first-order valence-electron chi connectivity index (χ1n) is 15.7. The molecule has 0 bridgehead atoms. The topological polar surface area (TPSA) is 17.1 Å². The third-order valence-electron chi connectivity index (χ3n) is 12.2. The SMILES string of the molecule is CC(C)CCCC(C)[C@H]1CCC2C3CC[C@@H]4[C@@H]([Se]c5ccc(C(F)(F)F)cc5)C(=O)CC[C@]4(C)C3CC[C@@]21C. The minimum absolute atomic E-state index is 0.0135. The molecule has 0 aromatic heterocycles. The van der Waals surface area contributed by atoms with Gasteiger partial charge in [0.1, 0.15) is 0 Å². The van der Waals surface area contributed by atoms with Gasteiger partial charge in [0.25, 0.3) is 0 Å². The van der Waals surface area contributed by atoms with Gasteiger partial charge in [-0.05, 0) is 5.92 Å². The van der Waals surface area contributed by atoms with Crippen molar-refractivity contribution in [3.63, 3.8) is 0 Å². The molecule has 5 rings (SSSR count). The molecule has 1 nitrogen and oxygen atoms in total. The molecule has 9 atom stereocenters. The van der Waals surface area contributed by atoms with Crippen molar-refractivity contribution in [2.45, 2.75) is 116 Å². The van der Waals surface area contributed by atoms with Crippen LogP contribution in [0.4, 0.5) is 13.2 Å². The second-order valence-electron chi connectivity index (χ2n) is 14.6. The van der Waals surface area contributed by atoms with Crippen LogP contribution in [0.15, 0.2) is 24.3 Å². The first kappa shape index (κ1) is 29.7. The zero-order valence-corrected chi connectivity index (χ0v) is 26.4. The molecule has 1 aromatic carbocycles. The van der Waals surface area contributed by atoms with Crippen molar-refractivity contribution in [2.75, 3.05) is 0 Å². The first-order valence-corrected chi connectivity index (χ1v) is 17.6. The third-order valence-corrected chi connectivity index (χ3v) is 15.1. The molecule has 218 valence electrons. The zero-order valence-electron chi connectivity index (χ0n) is 24.7. The van der Waals surface area contributed by atoms with Crippen molar-refractivity contribution in [1.82, 2.24) is 0 Å². The number of carbonyl (C=O) groups excluding carboxylic acids is 1. The summed E-state index contributed by atoms with van der Waals surface area (Å²) in [6.45, 7) is 12.3. The van der Waals surface area contributed by atoms with Gasteiger partial charge in [0, 0.05) is 0 Å². The summed E-state index contributed by atoms with van der Waals surface area (Å²) >= 11 is -0.118. The fourth-order valence-electron chi connectivity index (χ4n) is 10.2. The fraction of sp³-hybridized carbons (Fsp3) is 0.794. The van der Waals surface area contributed by atoms with E-state index in [1.807, 2.05) is 0 Å². The number of benzene rings is 1. The van der Waals surface area contributed by atoms with Gasteiger partial charge in [-0.2, -0.15) is 0 Å². The molecule has 0 radical (unpaired) electrons. The van der Waals surface area contributed by atoms with Crippen LogP contribution in [0.5, 0.6) is 0 Å². The van der Waals surface area contributed by atoms with Crippen molar-refractivity contribution in [1.29, 1.82) is 0 Å². The fourth-order valence-corrected chi connectivity index (χ4v) is 13.2. The Balaban J connectivity index is 1.30. The van der Waals surface area contributed by atoms with Crippen LogP contribution in [0.1, 0.15) is 111 Å².